The van der Waals surface area contributed by atoms with Gasteiger partial charge in [-0.2, -0.15) is 0 Å². The summed E-state index contributed by atoms with van der Waals surface area (Å²) in [6.07, 6.45) is 2.86. The number of hydrogen-bond donors (Lipinski definition) is 1. The fraction of sp³-hybridized carbons (Fsp3) is 0.600. The van der Waals surface area contributed by atoms with Gasteiger partial charge in [-0.3, -0.25) is 0 Å². The third-order valence-electron chi connectivity index (χ3n) is 3.66. The molecule has 100 valence electrons. The second-order valence-corrected chi connectivity index (χ2v) is 6.60. The van der Waals surface area contributed by atoms with Gasteiger partial charge >= 0.3 is 0 Å². The first-order valence-corrected chi connectivity index (χ1v) is 6.95. The molecule has 0 aliphatic carbocycles. The second-order valence-electron chi connectivity index (χ2n) is 6.16. The summed E-state index contributed by atoms with van der Waals surface area (Å²) in [5.74, 6) is 1.04. The third-order valence-corrected chi connectivity index (χ3v) is 3.88. The van der Waals surface area contributed by atoms with E-state index in [9.17, 15) is 0 Å². The van der Waals surface area contributed by atoms with Crippen molar-refractivity contribution in [1.29, 1.82) is 0 Å². The largest absolute Gasteiger partial charge is 0.493 e. The van der Waals surface area contributed by atoms with Crippen LogP contribution in [0.4, 0.5) is 0 Å². The normalized spacial score (nSPS) is 16.3. The maximum atomic E-state index is 6.21. The van der Waals surface area contributed by atoms with Crippen LogP contribution in [0.15, 0.2) is 12.1 Å². The first-order chi connectivity index (χ1) is 8.38. The van der Waals surface area contributed by atoms with Crippen LogP contribution in [-0.4, -0.2) is 12.6 Å². The molecule has 0 amide bonds. The molecule has 1 aromatic carbocycles. The molecule has 3 heteroatoms. The average molecular weight is 268 g/mol. The van der Waals surface area contributed by atoms with Gasteiger partial charge in [0.2, 0.25) is 0 Å². The standard InChI is InChI=1S/C15H22ClNO/c1-15(2,3)13(17)5-4-10-8-12(16)9-11-6-7-18-14(10)11/h8-9,13H,4-7,17H2,1-3H3. The first-order valence-electron chi connectivity index (χ1n) is 6.57. The van der Waals surface area contributed by atoms with Crippen LogP contribution in [0, 0.1) is 5.41 Å². The van der Waals surface area contributed by atoms with Gasteiger partial charge in [0.05, 0.1) is 6.61 Å². The molecule has 1 aliphatic heterocycles. The van der Waals surface area contributed by atoms with Crippen LogP contribution in [0.2, 0.25) is 5.02 Å². The lowest BCUT2D eigenvalue weighted by atomic mass is 9.84. The molecule has 0 radical (unpaired) electrons. The maximum absolute atomic E-state index is 6.21. The Hall–Kier alpha value is -0.730. The van der Waals surface area contributed by atoms with Crippen molar-refractivity contribution >= 4 is 11.6 Å². The van der Waals surface area contributed by atoms with Crippen LogP contribution in [0.25, 0.3) is 0 Å². The Kier molecular flexibility index (Phi) is 3.88. The van der Waals surface area contributed by atoms with Crippen LogP contribution >= 0.6 is 11.6 Å². The molecule has 2 rings (SSSR count). The van der Waals surface area contributed by atoms with E-state index < -0.39 is 0 Å². The summed E-state index contributed by atoms with van der Waals surface area (Å²) in [6, 6.07) is 4.21. The summed E-state index contributed by atoms with van der Waals surface area (Å²) in [5, 5.41) is 0.804. The molecule has 1 heterocycles. The van der Waals surface area contributed by atoms with Gasteiger partial charge in [0.1, 0.15) is 5.75 Å². The highest BCUT2D eigenvalue weighted by molar-refractivity contribution is 6.30. The number of ether oxygens (including phenoxy) is 1. The zero-order valence-electron chi connectivity index (χ0n) is 11.4. The molecule has 18 heavy (non-hydrogen) atoms. The summed E-state index contributed by atoms with van der Waals surface area (Å²) in [4.78, 5) is 0. The van der Waals surface area contributed by atoms with E-state index in [0.717, 1.165) is 36.6 Å². The number of rotatable bonds is 3. The highest BCUT2D eigenvalue weighted by Gasteiger charge is 2.22. The van der Waals surface area contributed by atoms with Crippen molar-refractivity contribution in [2.24, 2.45) is 11.1 Å². The number of aryl methyl sites for hydroxylation is 1. The molecule has 1 aliphatic rings. The van der Waals surface area contributed by atoms with Crippen LogP contribution in [-0.2, 0) is 12.8 Å². The Balaban J connectivity index is 2.11. The van der Waals surface area contributed by atoms with Gasteiger partial charge in [0.25, 0.3) is 0 Å². The Labute approximate surface area is 114 Å². The Morgan fingerprint density at radius 1 is 1.39 bits per heavy atom. The molecule has 0 aromatic heterocycles. The minimum Gasteiger partial charge on any atom is -0.493 e. The van der Waals surface area contributed by atoms with E-state index >= 15 is 0 Å². The average Bonchev–Trinajstić information content (AvgIpc) is 2.71. The van der Waals surface area contributed by atoms with Gasteiger partial charge in [0.15, 0.2) is 0 Å². The Morgan fingerprint density at radius 3 is 2.78 bits per heavy atom. The van der Waals surface area contributed by atoms with Crippen molar-refractivity contribution in [3.63, 3.8) is 0 Å². The van der Waals surface area contributed by atoms with Gasteiger partial charge in [-0.15, -0.1) is 0 Å². The van der Waals surface area contributed by atoms with E-state index in [2.05, 4.69) is 20.8 Å². The van der Waals surface area contributed by atoms with E-state index in [1.165, 1.54) is 11.1 Å². The lowest BCUT2D eigenvalue weighted by Gasteiger charge is -2.27. The van der Waals surface area contributed by atoms with Crippen molar-refractivity contribution in [3.8, 4) is 5.75 Å². The summed E-state index contributed by atoms with van der Waals surface area (Å²) in [6.45, 7) is 7.30. The van der Waals surface area contributed by atoms with Crippen molar-refractivity contribution in [2.45, 2.75) is 46.1 Å². The molecule has 1 atom stereocenters. The molecule has 2 N–H and O–H groups in total. The highest BCUT2D eigenvalue weighted by atomic mass is 35.5. The number of benzene rings is 1. The van der Waals surface area contributed by atoms with E-state index in [1.54, 1.807) is 0 Å². The predicted molar refractivity (Wildman–Crippen MR) is 76.4 cm³/mol. The topological polar surface area (TPSA) is 35.2 Å². The minimum atomic E-state index is 0.141. The van der Waals surface area contributed by atoms with Gasteiger partial charge in [-0.1, -0.05) is 32.4 Å². The molecule has 0 fully saturated rings. The van der Waals surface area contributed by atoms with Gasteiger partial charge < -0.3 is 10.5 Å². The van der Waals surface area contributed by atoms with Crippen LogP contribution < -0.4 is 10.5 Å². The molecule has 2 nitrogen and oxygen atoms in total. The summed E-state index contributed by atoms with van der Waals surface area (Å²) >= 11 is 6.15. The lowest BCUT2D eigenvalue weighted by molar-refractivity contribution is 0.303. The van der Waals surface area contributed by atoms with Crippen molar-refractivity contribution < 1.29 is 4.74 Å². The molecule has 1 unspecified atom stereocenters. The van der Waals surface area contributed by atoms with E-state index in [0.29, 0.717) is 0 Å². The van der Waals surface area contributed by atoms with Gasteiger partial charge in [0, 0.05) is 17.5 Å². The molecular formula is C15H22ClNO. The summed E-state index contributed by atoms with van der Waals surface area (Å²) < 4.78 is 5.70. The zero-order valence-corrected chi connectivity index (χ0v) is 12.2. The number of hydrogen-bond acceptors (Lipinski definition) is 2. The molecule has 0 saturated carbocycles. The molecule has 0 bridgehead atoms. The van der Waals surface area contributed by atoms with Crippen LogP contribution in [0.1, 0.15) is 38.3 Å². The van der Waals surface area contributed by atoms with E-state index in [-0.39, 0.29) is 11.5 Å². The Bertz CT molecular complexity index is 437. The smallest absolute Gasteiger partial charge is 0.125 e. The zero-order chi connectivity index (χ0) is 13.3. The second kappa shape index (κ2) is 5.10. The molecule has 0 saturated heterocycles. The fourth-order valence-electron chi connectivity index (χ4n) is 2.28. The number of nitrogens with two attached hydrogens (primary N) is 1. The molecule has 0 spiro atoms. The monoisotopic (exact) mass is 267 g/mol. The van der Waals surface area contributed by atoms with Crippen LogP contribution in [0.5, 0.6) is 5.75 Å². The lowest BCUT2D eigenvalue weighted by Crippen LogP contribution is -2.35. The third kappa shape index (κ3) is 2.99. The fourth-order valence-corrected chi connectivity index (χ4v) is 2.54. The van der Waals surface area contributed by atoms with E-state index in [4.69, 9.17) is 22.1 Å². The molecule has 1 aromatic rings. The highest BCUT2D eigenvalue weighted by Crippen LogP contribution is 2.34. The van der Waals surface area contributed by atoms with Crippen molar-refractivity contribution in [2.75, 3.05) is 6.61 Å². The predicted octanol–water partition coefficient (Wildman–Crippen LogP) is 3.58. The van der Waals surface area contributed by atoms with E-state index in [1.807, 2.05) is 12.1 Å². The maximum Gasteiger partial charge on any atom is 0.125 e. The summed E-state index contributed by atoms with van der Waals surface area (Å²) in [5.41, 5.74) is 8.79. The SMILES string of the molecule is CC(C)(C)C(N)CCc1cc(Cl)cc2c1OCC2. The minimum absolute atomic E-state index is 0.141. The Morgan fingerprint density at radius 2 is 2.11 bits per heavy atom. The summed E-state index contributed by atoms with van der Waals surface area (Å²) in [7, 11) is 0. The van der Waals surface area contributed by atoms with Crippen LogP contribution in [0.3, 0.4) is 0 Å². The number of halogens is 1. The number of fused-ring (bicyclic) bond motifs is 1. The van der Waals surface area contributed by atoms with Crippen molar-refractivity contribution in [3.05, 3.63) is 28.3 Å². The molecular weight excluding hydrogens is 246 g/mol. The van der Waals surface area contributed by atoms with Crippen molar-refractivity contribution in [1.82, 2.24) is 0 Å². The van der Waals surface area contributed by atoms with Gasteiger partial charge in [-0.25, -0.2) is 0 Å². The first kappa shape index (κ1) is 13.7. The van der Waals surface area contributed by atoms with Gasteiger partial charge in [-0.05, 0) is 41.5 Å². The quantitative estimate of drug-likeness (QED) is 0.909.